The summed E-state index contributed by atoms with van der Waals surface area (Å²) in [6, 6.07) is 7.88. The van der Waals surface area contributed by atoms with Gasteiger partial charge in [-0.3, -0.25) is 9.36 Å². The molecular weight excluding hydrogens is 533 g/mol. The molecule has 12 nitrogen and oxygen atoms in total. The molecule has 0 saturated heterocycles. The number of carbonyl (C=O) groups excluding carboxylic acids is 1. The summed E-state index contributed by atoms with van der Waals surface area (Å²) in [7, 11) is -3.65. The maximum Gasteiger partial charge on any atom is 0.342 e. The van der Waals surface area contributed by atoms with Gasteiger partial charge in [-0.15, -0.1) is 6.58 Å². The highest BCUT2D eigenvalue weighted by Gasteiger charge is 2.31. The Balaban J connectivity index is 0.00000560. The molecular formula is C27H42N7O5P. The molecule has 2 aromatic heterocycles. The molecule has 0 spiro atoms. The normalized spacial score (nSPS) is 13.2. The number of nitrogens with one attached hydrogen (secondary N) is 2. The minimum absolute atomic E-state index is 0. The average Bonchev–Trinajstić information content (AvgIpc) is 3.32. The molecule has 4 N–H and O–H groups in total. The van der Waals surface area contributed by atoms with Crippen LogP contribution < -0.4 is 20.7 Å². The molecule has 40 heavy (non-hydrogen) atoms. The summed E-state index contributed by atoms with van der Waals surface area (Å²) in [5, 5.41) is 5.91. The number of benzene rings is 1. The lowest BCUT2D eigenvalue weighted by Gasteiger charge is -2.23. The summed E-state index contributed by atoms with van der Waals surface area (Å²) < 4.78 is 32.4. The van der Waals surface area contributed by atoms with Gasteiger partial charge in [0, 0.05) is 13.1 Å². The van der Waals surface area contributed by atoms with E-state index in [0.29, 0.717) is 42.4 Å². The SMILES string of the molecule is C.C=CCNc1nc(N)nc2c1ncn2CCOCP(=O)(NC(C)C(=O)OCCCCCC)Oc1ccccc1. The fraction of sp³-hybridized carbons (Fsp3) is 0.481. The van der Waals surface area contributed by atoms with Crippen molar-refractivity contribution in [2.75, 3.05) is 37.2 Å². The van der Waals surface area contributed by atoms with Gasteiger partial charge < -0.3 is 29.6 Å². The number of fused-ring (bicyclic) bond motifs is 1. The largest absolute Gasteiger partial charge is 0.465 e. The van der Waals surface area contributed by atoms with Crippen molar-refractivity contribution in [1.29, 1.82) is 0 Å². The zero-order chi connectivity index (χ0) is 28.1. The lowest BCUT2D eigenvalue weighted by Crippen LogP contribution is -2.35. The van der Waals surface area contributed by atoms with Crippen molar-refractivity contribution in [3.63, 3.8) is 0 Å². The fourth-order valence-corrected chi connectivity index (χ4v) is 5.39. The van der Waals surface area contributed by atoms with Gasteiger partial charge in [-0.05, 0) is 25.5 Å². The van der Waals surface area contributed by atoms with Gasteiger partial charge >= 0.3 is 13.5 Å². The molecule has 3 aromatic rings. The number of ether oxygens (including phenoxy) is 2. The van der Waals surface area contributed by atoms with Gasteiger partial charge in [-0.25, -0.2) is 10.1 Å². The summed E-state index contributed by atoms with van der Waals surface area (Å²) in [6.45, 7) is 8.74. The molecule has 0 radical (unpaired) electrons. The first-order chi connectivity index (χ1) is 18.8. The highest BCUT2D eigenvalue weighted by atomic mass is 31.2. The van der Waals surface area contributed by atoms with Crippen molar-refractivity contribution >= 4 is 36.4 Å². The molecule has 0 aliphatic rings. The van der Waals surface area contributed by atoms with E-state index >= 15 is 0 Å². The van der Waals surface area contributed by atoms with Crippen LogP contribution in [0.3, 0.4) is 0 Å². The predicted molar refractivity (Wildman–Crippen MR) is 158 cm³/mol. The van der Waals surface area contributed by atoms with Crippen molar-refractivity contribution in [1.82, 2.24) is 24.6 Å². The van der Waals surface area contributed by atoms with Crippen LogP contribution in [0.5, 0.6) is 5.75 Å². The first-order valence-corrected chi connectivity index (χ1v) is 14.8. The molecule has 13 heteroatoms. The number of carbonyl (C=O) groups is 1. The van der Waals surface area contributed by atoms with E-state index in [1.165, 1.54) is 0 Å². The van der Waals surface area contributed by atoms with Gasteiger partial charge in [0.2, 0.25) is 5.95 Å². The number of unbranched alkanes of at least 4 members (excludes halogenated alkanes) is 3. The van der Waals surface area contributed by atoms with Crippen LogP contribution in [0.2, 0.25) is 0 Å². The van der Waals surface area contributed by atoms with Crippen LogP contribution in [-0.2, 0) is 25.4 Å². The number of nitrogens with zero attached hydrogens (tertiary/aromatic N) is 4. The molecule has 2 atom stereocenters. The monoisotopic (exact) mass is 575 g/mol. The van der Waals surface area contributed by atoms with Crippen LogP contribution in [0.25, 0.3) is 11.2 Å². The molecule has 0 bridgehead atoms. The number of aromatic nitrogens is 4. The Kier molecular flexibility index (Phi) is 13.6. The van der Waals surface area contributed by atoms with E-state index < -0.39 is 19.5 Å². The molecule has 220 valence electrons. The van der Waals surface area contributed by atoms with Crippen LogP contribution in [0.1, 0.15) is 47.0 Å². The number of anilines is 2. The highest BCUT2D eigenvalue weighted by molar-refractivity contribution is 7.57. The van der Waals surface area contributed by atoms with Crippen molar-refractivity contribution in [2.45, 2.75) is 59.5 Å². The van der Waals surface area contributed by atoms with E-state index in [9.17, 15) is 9.36 Å². The van der Waals surface area contributed by atoms with E-state index in [2.05, 4.69) is 38.9 Å². The van der Waals surface area contributed by atoms with Crippen LogP contribution in [0.4, 0.5) is 11.8 Å². The Morgan fingerprint density at radius 3 is 2.70 bits per heavy atom. The van der Waals surface area contributed by atoms with E-state index in [4.69, 9.17) is 19.7 Å². The molecule has 0 fully saturated rings. The van der Waals surface area contributed by atoms with Gasteiger partial charge in [0.25, 0.3) is 0 Å². The summed E-state index contributed by atoms with van der Waals surface area (Å²) in [4.78, 5) is 25.4. The minimum Gasteiger partial charge on any atom is -0.465 e. The number of hydrogen-bond donors (Lipinski definition) is 3. The van der Waals surface area contributed by atoms with Crippen LogP contribution >= 0.6 is 7.52 Å². The van der Waals surface area contributed by atoms with E-state index in [1.54, 1.807) is 48.2 Å². The molecule has 1 aromatic carbocycles. The Labute approximate surface area is 236 Å². The van der Waals surface area contributed by atoms with Gasteiger partial charge in [0.15, 0.2) is 17.0 Å². The van der Waals surface area contributed by atoms with E-state index in [-0.39, 0.29) is 26.3 Å². The molecule has 0 saturated carbocycles. The van der Waals surface area contributed by atoms with Crippen molar-refractivity contribution in [3.8, 4) is 5.75 Å². The van der Waals surface area contributed by atoms with Gasteiger partial charge in [0.05, 0.1) is 19.5 Å². The van der Waals surface area contributed by atoms with Crippen LogP contribution in [0, 0.1) is 0 Å². The maximum atomic E-state index is 13.7. The average molecular weight is 576 g/mol. The second-order valence-electron chi connectivity index (χ2n) is 8.90. The number of rotatable bonds is 18. The summed E-state index contributed by atoms with van der Waals surface area (Å²) in [5.41, 5.74) is 6.97. The Bertz CT molecular complexity index is 1250. The van der Waals surface area contributed by atoms with Crippen LogP contribution in [0.15, 0.2) is 49.3 Å². The molecule has 2 heterocycles. The highest BCUT2D eigenvalue weighted by Crippen LogP contribution is 2.43. The number of imidazole rings is 1. The number of nitrogen functional groups attached to an aromatic ring is 1. The summed E-state index contributed by atoms with van der Waals surface area (Å²) in [6.07, 6.45) is 7.01. The standard InChI is InChI=1S/C26H38N7O5P.CH4/c1-4-6-7-11-16-37-25(34)20(3)32-39(35,38-21-12-9-8-10-13-21)19-36-17-15-33-18-29-22-23(28-14-5-2)30-26(27)31-24(22)33;/h5,8-10,12-13,18,20H,2,4,6-7,11,14-17,19H2,1,3H3,(H,32,35)(H3,27,28,30,31);1H4. The lowest BCUT2D eigenvalue weighted by molar-refractivity contribution is -0.145. The number of esters is 1. The third-order valence-corrected chi connectivity index (χ3v) is 7.42. The lowest BCUT2D eigenvalue weighted by atomic mass is 10.2. The summed E-state index contributed by atoms with van der Waals surface area (Å²) in [5.74, 6) is 0.511. The number of hydrogen-bond acceptors (Lipinski definition) is 10. The first kappa shape index (κ1) is 32.7. The van der Waals surface area contributed by atoms with E-state index in [0.717, 1.165) is 25.7 Å². The van der Waals surface area contributed by atoms with E-state index in [1.807, 2.05) is 6.07 Å². The quantitative estimate of drug-likeness (QED) is 0.0813. The minimum atomic E-state index is -3.65. The predicted octanol–water partition coefficient (Wildman–Crippen LogP) is 4.99. The third kappa shape index (κ3) is 9.93. The fourth-order valence-electron chi connectivity index (χ4n) is 3.68. The second-order valence-corrected chi connectivity index (χ2v) is 11.0. The first-order valence-electron chi connectivity index (χ1n) is 13.0. The van der Waals surface area contributed by atoms with Crippen molar-refractivity contribution in [2.24, 2.45) is 0 Å². The number of nitrogens with two attached hydrogens (primary N) is 1. The molecule has 3 rings (SSSR count). The third-order valence-electron chi connectivity index (χ3n) is 5.61. The Morgan fingerprint density at radius 1 is 1.20 bits per heavy atom. The van der Waals surface area contributed by atoms with Gasteiger partial charge in [-0.2, -0.15) is 9.97 Å². The topological polar surface area (TPSA) is 156 Å². The zero-order valence-corrected chi connectivity index (χ0v) is 23.4. The molecule has 0 aliphatic carbocycles. The molecule has 0 aliphatic heterocycles. The number of para-hydroxylation sites is 1. The Morgan fingerprint density at radius 2 is 1.98 bits per heavy atom. The van der Waals surface area contributed by atoms with Gasteiger partial charge in [0.1, 0.15) is 18.1 Å². The second kappa shape index (κ2) is 16.6. The van der Waals surface area contributed by atoms with Crippen LogP contribution in [-0.4, -0.2) is 57.6 Å². The van der Waals surface area contributed by atoms with Crippen molar-refractivity contribution < 1.29 is 23.4 Å². The maximum absolute atomic E-state index is 13.7. The molecule has 0 amide bonds. The summed E-state index contributed by atoms with van der Waals surface area (Å²) >= 11 is 0. The van der Waals surface area contributed by atoms with Crippen molar-refractivity contribution in [3.05, 3.63) is 49.3 Å². The molecule has 2 unspecified atom stereocenters. The van der Waals surface area contributed by atoms with Gasteiger partial charge in [-0.1, -0.05) is 57.9 Å². The smallest absolute Gasteiger partial charge is 0.342 e. The Hall–Kier alpha value is -3.47. The zero-order valence-electron chi connectivity index (χ0n) is 22.5.